The second-order valence-electron chi connectivity index (χ2n) is 8.47. The van der Waals surface area contributed by atoms with Crippen molar-refractivity contribution in [1.29, 1.82) is 0 Å². The second kappa shape index (κ2) is 11.2. The molecular weight excluding hydrogens is 484 g/mol. The Kier molecular flexibility index (Phi) is 8.10. The van der Waals surface area contributed by atoms with Crippen molar-refractivity contribution in [1.82, 2.24) is 4.90 Å². The van der Waals surface area contributed by atoms with Crippen LogP contribution in [-0.2, 0) is 14.3 Å². The van der Waals surface area contributed by atoms with Crippen molar-refractivity contribution >= 4 is 51.9 Å². The minimum Gasteiger partial charge on any atom is -0.493 e. The SMILES string of the molecule is COc1cc(/C=C2\SC(=S)N(C[C@@H]3CCCO3)C2=O)ccc1OCC(=O)Nc1ccc(C)c(C)c1. The zero-order valence-electron chi connectivity index (χ0n) is 20.0. The summed E-state index contributed by atoms with van der Waals surface area (Å²) in [6.45, 7) is 5.08. The van der Waals surface area contributed by atoms with E-state index in [4.69, 9.17) is 26.4 Å². The molecule has 1 atom stereocenters. The highest BCUT2D eigenvalue weighted by atomic mass is 32.2. The van der Waals surface area contributed by atoms with Crippen molar-refractivity contribution in [2.24, 2.45) is 0 Å². The molecule has 2 aromatic rings. The van der Waals surface area contributed by atoms with Gasteiger partial charge in [0.2, 0.25) is 0 Å². The van der Waals surface area contributed by atoms with Crippen molar-refractivity contribution in [3.8, 4) is 11.5 Å². The summed E-state index contributed by atoms with van der Waals surface area (Å²) < 4.78 is 17.3. The van der Waals surface area contributed by atoms with E-state index in [1.165, 1.54) is 18.9 Å². The van der Waals surface area contributed by atoms with Crippen molar-refractivity contribution in [2.75, 3.05) is 32.2 Å². The number of hydrogen-bond donors (Lipinski definition) is 1. The van der Waals surface area contributed by atoms with E-state index in [0.717, 1.165) is 41.8 Å². The van der Waals surface area contributed by atoms with Gasteiger partial charge < -0.3 is 19.5 Å². The summed E-state index contributed by atoms with van der Waals surface area (Å²) >= 11 is 6.71. The van der Waals surface area contributed by atoms with E-state index in [2.05, 4.69) is 5.32 Å². The van der Waals surface area contributed by atoms with Crippen molar-refractivity contribution in [3.05, 3.63) is 58.0 Å². The molecule has 184 valence electrons. The molecule has 2 aromatic carbocycles. The lowest BCUT2D eigenvalue weighted by Crippen LogP contribution is -2.35. The molecule has 0 aliphatic carbocycles. The topological polar surface area (TPSA) is 77.1 Å². The van der Waals surface area contributed by atoms with Gasteiger partial charge >= 0.3 is 0 Å². The Morgan fingerprint density at radius 2 is 2.06 bits per heavy atom. The number of hydrogen-bond acceptors (Lipinski definition) is 7. The number of rotatable bonds is 8. The number of amides is 2. The van der Waals surface area contributed by atoms with Gasteiger partial charge in [-0.15, -0.1) is 0 Å². The van der Waals surface area contributed by atoms with Crippen LogP contribution < -0.4 is 14.8 Å². The van der Waals surface area contributed by atoms with Crippen LogP contribution in [0.25, 0.3) is 6.08 Å². The van der Waals surface area contributed by atoms with Crippen LogP contribution in [0, 0.1) is 13.8 Å². The quantitative estimate of drug-likeness (QED) is 0.405. The highest BCUT2D eigenvalue weighted by Gasteiger charge is 2.34. The molecule has 4 rings (SSSR count). The highest BCUT2D eigenvalue weighted by molar-refractivity contribution is 8.26. The summed E-state index contributed by atoms with van der Waals surface area (Å²) in [4.78, 5) is 27.4. The summed E-state index contributed by atoms with van der Waals surface area (Å²) in [5.41, 5.74) is 3.76. The van der Waals surface area contributed by atoms with Crippen LogP contribution in [0.2, 0.25) is 0 Å². The zero-order valence-corrected chi connectivity index (χ0v) is 21.6. The number of benzene rings is 2. The van der Waals surface area contributed by atoms with Crippen molar-refractivity contribution in [2.45, 2.75) is 32.8 Å². The van der Waals surface area contributed by atoms with Gasteiger partial charge in [0.05, 0.1) is 24.7 Å². The summed E-state index contributed by atoms with van der Waals surface area (Å²) in [6, 6.07) is 11.0. The van der Waals surface area contributed by atoms with E-state index in [0.29, 0.717) is 27.3 Å². The first-order valence-corrected chi connectivity index (χ1v) is 12.6. The fourth-order valence-corrected chi connectivity index (χ4v) is 5.13. The molecule has 0 aromatic heterocycles. The molecule has 2 saturated heterocycles. The molecule has 2 amide bonds. The third-order valence-electron chi connectivity index (χ3n) is 5.92. The Hall–Kier alpha value is -2.88. The molecule has 0 unspecified atom stereocenters. The van der Waals surface area contributed by atoms with Crippen molar-refractivity contribution in [3.63, 3.8) is 0 Å². The van der Waals surface area contributed by atoms with E-state index < -0.39 is 0 Å². The van der Waals surface area contributed by atoms with E-state index in [9.17, 15) is 9.59 Å². The molecule has 2 fully saturated rings. The molecule has 7 nitrogen and oxygen atoms in total. The monoisotopic (exact) mass is 512 g/mol. The Labute approximate surface area is 214 Å². The minimum absolute atomic E-state index is 0.0422. The third kappa shape index (κ3) is 6.22. The van der Waals surface area contributed by atoms with Gasteiger partial charge in [0, 0.05) is 12.3 Å². The normalized spacial score (nSPS) is 18.9. The van der Waals surface area contributed by atoms with Crippen molar-refractivity contribution < 1.29 is 23.8 Å². The van der Waals surface area contributed by atoms with Crippen LogP contribution >= 0.6 is 24.0 Å². The fourth-order valence-electron chi connectivity index (χ4n) is 3.85. The van der Waals surface area contributed by atoms with Gasteiger partial charge in [-0.3, -0.25) is 14.5 Å². The van der Waals surface area contributed by atoms with E-state index in [1.54, 1.807) is 23.1 Å². The van der Waals surface area contributed by atoms with E-state index in [-0.39, 0.29) is 24.5 Å². The first kappa shape index (κ1) is 25.2. The number of carbonyl (C=O) groups is 2. The minimum atomic E-state index is -0.269. The van der Waals surface area contributed by atoms with Crippen LogP contribution in [0.1, 0.15) is 29.5 Å². The predicted molar refractivity (Wildman–Crippen MR) is 142 cm³/mol. The van der Waals surface area contributed by atoms with E-state index in [1.807, 2.05) is 38.1 Å². The molecule has 2 heterocycles. The smallest absolute Gasteiger partial charge is 0.266 e. The Morgan fingerprint density at radius 1 is 1.23 bits per heavy atom. The fraction of sp³-hybridized carbons (Fsp3) is 0.346. The average molecular weight is 513 g/mol. The molecule has 2 aliphatic heterocycles. The number of thioether (sulfide) groups is 1. The Bertz CT molecular complexity index is 1170. The molecular formula is C26H28N2O5S2. The molecule has 0 saturated carbocycles. The van der Waals surface area contributed by atoms with Crippen LogP contribution in [0.3, 0.4) is 0 Å². The summed E-state index contributed by atoms with van der Waals surface area (Å²) in [5, 5.41) is 2.84. The first-order valence-electron chi connectivity index (χ1n) is 11.4. The molecule has 35 heavy (non-hydrogen) atoms. The second-order valence-corrected chi connectivity index (χ2v) is 10.1. The summed E-state index contributed by atoms with van der Waals surface area (Å²) in [7, 11) is 1.53. The standard InChI is InChI=1S/C26H28N2O5S2/c1-16-6-8-19(11-17(16)2)27-24(29)15-33-21-9-7-18(12-22(21)31-3)13-23-25(30)28(26(34)35-23)14-20-5-4-10-32-20/h6-9,11-13,20H,4-5,10,14-15H2,1-3H3,(H,27,29)/b23-13-/t20-/m0/s1. The molecule has 0 bridgehead atoms. The zero-order chi connectivity index (χ0) is 24.9. The third-order valence-corrected chi connectivity index (χ3v) is 7.30. The number of ether oxygens (including phenoxy) is 3. The predicted octanol–water partition coefficient (Wildman–Crippen LogP) is 4.71. The number of carbonyl (C=O) groups excluding carboxylic acids is 2. The number of nitrogens with zero attached hydrogens (tertiary/aromatic N) is 1. The highest BCUT2D eigenvalue weighted by Crippen LogP contribution is 2.35. The van der Waals surface area contributed by atoms with Gasteiger partial charge in [-0.1, -0.05) is 36.1 Å². The Balaban J connectivity index is 1.39. The summed E-state index contributed by atoms with van der Waals surface area (Å²) in [6.07, 6.45) is 3.78. The summed E-state index contributed by atoms with van der Waals surface area (Å²) in [5.74, 6) is 0.519. The molecule has 9 heteroatoms. The van der Waals surface area contributed by atoms with Gasteiger partial charge in [-0.05, 0) is 73.7 Å². The maximum atomic E-state index is 12.9. The average Bonchev–Trinajstić information content (AvgIpc) is 3.44. The number of nitrogens with one attached hydrogen (secondary N) is 1. The van der Waals surface area contributed by atoms with Gasteiger partial charge in [-0.25, -0.2) is 0 Å². The van der Waals surface area contributed by atoms with Gasteiger partial charge in [0.25, 0.3) is 11.8 Å². The first-order chi connectivity index (χ1) is 16.8. The van der Waals surface area contributed by atoms with Crippen LogP contribution in [0.5, 0.6) is 11.5 Å². The molecule has 0 spiro atoms. The Morgan fingerprint density at radius 3 is 2.77 bits per heavy atom. The largest absolute Gasteiger partial charge is 0.493 e. The lowest BCUT2D eigenvalue weighted by molar-refractivity contribution is -0.123. The number of anilines is 1. The molecule has 0 radical (unpaired) electrons. The van der Waals surface area contributed by atoms with Gasteiger partial charge in [0.1, 0.15) is 4.32 Å². The lowest BCUT2D eigenvalue weighted by atomic mass is 10.1. The van der Waals surface area contributed by atoms with Crippen LogP contribution in [-0.4, -0.2) is 54.0 Å². The van der Waals surface area contributed by atoms with Crippen LogP contribution in [0.4, 0.5) is 5.69 Å². The molecule has 2 aliphatic rings. The maximum Gasteiger partial charge on any atom is 0.266 e. The van der Waals surface area contributed by atoms with E-state index >= 15 is 0 Å². The number of thiocarbonyl (C=S) groups is 1. The van der Waals surface area contributed by atoms with Gasteiger partial charge in [-0.2, -0.15) is 0 Å². The molecule has 1 N–H and O–H groups in total. The number of methoxy groups -OCH3 is 1. The number of aryl methyl sites for hydroxylation is 2. The maximum absolute atomic E-state index is 12.9. The lowest BCUT2D eigenvalue weighted by Gasteiger charge is -2.18. The van der Waals surface area contributed by atoms with Gasteiger partial charge in [0.15, 0.2) is 18.1 Å². The van der Waals surface area contributed by atoms with Crippen LogP contribution in [0.15, 0.2) is 41.3 Å².